The predicted molar refractivity (Wildman–Crippen MR) is 111 cm³/mol. The summed E-state index contributed by atoms with van der Waals surface area (Å²) in [6.07, 6.45) is 7.41. The fourth-order valence-electron chi connectivity index (χ4n) is 3.09. The quantitative estimate of drug-likeness (QED) is 0.616. The van der Waals surface area contributed by atoms with Gasteiger partial charge in [-0.05, 0) is 31.4 Å². The lowest BCUT2D eigenvalue weighted by Crippen LogP contribution is -2.16. The number of nitrogens with one attached hydrogen (secondary N) is 2. The van der Waals surface area contributed by atoms with Crippen molar-refractivity contribution in [2.75, 3.05) is 10.6 Å². The second kappa shape index (κ2) is 8.48. The molecule has 4 rings (SSSR count). The monoisotopic (exact) mass is 407 g/mol. The van der Waals surface area contributed by atoms with Gasteiger partial charge in [0.05, 0.1) is 23.5 Å². The van der Waals surface area contributed by atoms with Gasteiger partial charge in [-0.25, -0.2) is 24.3 Å². The first-order valence-corrected chi connectivity index (χ1v) is 9.86. The Morgan fingerprint density at radius 3 is 2.70 bits per heavy atom. The average Bonchev–Trinajstić information content (AvgIpc) is 3.48. The Morgan fingerprint density at radius 1 is 1.17 bits per heavy atom. The number of amides is 1. The molecular weight excluding hydrogens is 385 g/mol. The summed E-state index contributed by atoms with van der Waals surface area (Å²) in [4.78, 5) is 33.6. The maximum atomic E-state index is 13.1. The zero-order valence-electron chi connectivity index (χ0n) is 16.8. The number of aryl methyl sites for hydroxylation is 2. The molecule has 3 aromatic rings. The van der Waals surface area contributed by atoms with Gasteiger partial charge in [-0.1, -0.05) is 13.3 Å². The molecule has 2 atom stereocenters. The summed E-state index contributed by atoms with van der Waals surface area (Å²) < 4.78 is 13.1. The van der Waals surface area contributed by atoms with Crippen LogP contribution in [0.4, 0.5) is 21.7 Å². The van der Waals surface area contributed by atoms with Crippen molar-refractivity contribution in [3.63, 3.8) is 0 Å². The molecule has 1 fully saturated rings. The predicted octanol–water partition coefficient (Wildman–Crippen LogP) is 3.63. The number of anilines is 3. The normalized spacial score (nSPS) is 17.4. The van der Waals surface area contributed by atoms with E-state index in [2.05, 4.69) is 48.5 Å². The molecule has 2 unspecified atom stereocenters. The first kappa shape index (κ1) is 19.8. The summed E-state index contributed by atoms with van der Waals surface area (Å²) in [5.74, 6) is -0.170. The van der Waals surface area contributed by atoms with Crippen LogP contribution in [-0.2, 0) is 11.2 Å². The van der Waals surface area contributed by atoms with Gasteiger partial charge < -0.3 is 10.6 Å². The number of hydrogen-bond donors (Lipinski definition) is 2. The van der Waals surface area contributed by atoms with Crippen LogP contribution >= 0.6 is 0 Å². The van der Waals surface area contributed by atoms with Crippen LogP contribution in [0.3, 0.4) is 0 Å². The first-order valence-electron chi connectivity index (χ1n) is 9.86. The molecule has 1 aliphatic carbocycles. The fraction of sp³-hybridized carbons (Fsp3) is 0.333. The number of aromatic nitrogens is 5. The van der Waals surface area contributed by atoms with E-state index in [1.54, 1.807) is 24.7 Å². The van der Waals surface area contributed by atoms with E-state index in [1.165, 1.54) is 6.33 Å². The Bertz CT molecular complexity index is 1070. The van der Waals surface area contributed by atoms with E-state index in [1.807, 2.05) is 6.92 Å². The van der Waals surface area contributed by atoms with Crippen molar-refractivity contribution in [3.8, 4) is 11.4 Å². The molecule has 0 bridgehead atoms. The Balaban J connectivity index is 1.58. The van der Waals surface area contributed by atoms with Crippen LogP contribution in [0.5, 0.6) is 0 Å². The highest BCUT2D eigenvalue weighted by molar-refractivity contribution is 5.94. The SMILES string of the molecule is CCCc1cc(C)c(Nc2nccnc2-c2cc(NC(=O)C3CC3F)ncn2)cn1. The van der Waals surface area contributed by atoms with Crippen molar-refractivity contribution in [2.24, 2.45) is 5.92 Å². The molecular formula is C21H22FN7O. The summed E-state index contributed by atoms with van der Waals surface area (Å²) in [7, 11) is 0. The van der Waals surface area contributed by atoms with Gasteiger partial charge >= 0.3 is 0 Å². The largest absolute Gasteiger partial charge is 0.337 e. The molecule has 2 N–H and O–H groups in total. The van der Waals surface area contributed by atoms with E-state index < -0.39 is 12.1 Å². The highest BCUT2D eigenvalue weighted by Crippen LogP contribution is 2.35. The van der Waals surface area contributed by atoms with Crippen LogP contribution in [0.15, 0.2) is 37.1 Å². The molecule has 0 aromatic carbocycles. The van der Waals surface area contributed by atoms with Gasteiger partial charge in [0.2, 0.25) is 5.91 Å². The zero-order valence-corrected chi connectivity index (χ0v) is 16.8. The Morgan fingerprint density at radius 2 is 1.97 bits per heavy atom. The fourth-order valence-corrected chi connectivity index (χ4v) is 3.09. The number of carbonyl (C=O) groups excluding carboxylic acids is 1. The molecule has 30 heavy (non-hydrogen) atoms. The molecule has 0 aliphatic heterocycles. The number of rotatable bonds is 7. The molecule has 1 amide bonds. The van der Waals surface area contributed by atoms with Crippen LogP contribution < -0.4 is 10.6 Å². The summed E-state index contributed by atoms with van der Waals surface area (Å²) >= 11 is 0. The highest BCUT2D eigenvalue weighted by Gasteiger charge is 2.43. The van der Waals surface area contributed by atoms with Crippen molar-refractivity contribution >= 4 is 23.2 Å². The second-order valence-electron chi connectivity index (χ2n) is 7.26. The number of carbonyl (C=O) groups is 1. The van der Waals surface area contributed by atoms with Crippen LogP contribution in [0.1, 0.15) is 31.0 Å². The average molecular weight is 407 g/mol. The number of nitrogens with zero attached hydrogens (tertiary/aromatic N) is 5. The van der Waals surface area contributed by atoms with Gasteiger partial charge in [0, 0.05) is 24.2 Å². The topological polar surface area (TPSA) is 106 Å². The van der Waals surface area contributed by atoms with Crippen molar-refractivity contribution in [3.05, 3.63) is 48.3 Å². The zero-order chi connectivity index (χ0) is 21.1. The lowest BCUT2D eigenvalue weighted by molar-refractivity contribution is -0.117. The van der Waals surface area contributed by atoms with E-state index in [9.17, 15) is 9.18 Å². The summed E-state index contributed by atoms with van der Waals surface area (Å²) in [6, 6.07) is 3.65. The maximum Gasteiger partial charge on any atom is 0.231 e. The Labute approximate surface area is 173 Å². The van der Waals surface area contributed by atoms with Crippen LogP contribution in [0, 0.1) is 12.8 Å². The molecule has 1 aliphatic rings. The lowest BCUT2D eigenvalue weighted by atomic mass is 10.1. The van der Waals surface area contributed by atoms with Crippen LogP contribution in [-0.4, -0.2) is 37.0 Å². The van der Waals surface area contributed by atoms with Gasteiger partial charge in [-0.2, -0.15) is 0 Å². The van der Waals surface area contributed by atoms with Crippen LogP contribution in [0.2, 0.25) is 0 Å². The minimum Gasteiger partial charge on any atom is -0.337 e. The van der Waals surface area contributed by atoms with Crippen molar-refractivity contribution in [1.82, 2.24) is 24.9 Å². The van der Waals surface area contributed by atoms with E-state index in [0.29, 0.717) is 23.0 Å². The number of pyridine rings is 1. The lowest BCUT2D eigenvalue weighted by Gasteiger charge is -2.12. The third-order valence-corrected chi connectivity index (χ3v) is 4.84. The molecule has 0 radical (unpaired) electrons. The van der Waals surface area contributed by atoms with Crippen molar-refractivity contribution in [2.45, 2.75) is 39.3 Å². The smallest absolute Gasteiger partial charge is 0.231 e. The summed E-state index contributed by atoms with van der Waals surface area (Å²) in [5.41, 5.74) is 3.90. The Kier molecular flexibility index (Phi) is 5.60. The van der Waals surface area contributed by atoms with Crippen LogP contribution in [0.25, 0.3) is 11.4 Å². The number of hydrogen-bond acceptors (Lipinski definition) is 7. The molecule has 154 valence electrons. The second-order valence-corrected chi connectivity index (χ2v) is 7.26. The molecule has 0 saturated heterocycles. The highest BCUT2D eigenvalue weighted by atomic mass is 19.1. The molecule has 1 saturated carbocycles. The van der Waals surface area contributed by atoms with E-state index in [4.69, 9.17) is 0 Å². The minimum atomic E-state index is -1.07. The molecule has 8 nitrogen and oxygen atoms in total. The minimum absolute atomic E-state index is 0.256. The van der Waals surface area contributed by atoms with E-state index in [0.717, 1.165) is 29.8 Å². The van der Waals surface area contributed by atoms with Gasteiger partial charge in [0.25, 0.3) is 0 Å². The number of alkyl halides is 1. The Hall–Kier alpha value is -3.49. The van der Waals surface area contributed by atoms with Crippen molar-refractivity contribution < 1.29 is 9.18 Å². The van der Waals surface area contributed by atoms with E-state index in [-0.39, 0.29) is 12.3 Å². The molecule has 3 aromatic heterocycles. The molecule has 9 heteroatoms. The van der Waals surface area contributed by atoms with E-state index >= 15 is 0 Å². The van der Waals surface area contributed by atoms with Crippen molar-refractivity contribution in [1.29, 1.82) is 0 Å². The molecule has 3 heterocycles. The van der Waals surface area contributed by atoms with Gasteiger partial charge in [-0.15, -0.1) is 0 Å². The first-order chi connectivity index (χ1) is 14.5. The summed E-state index contributed by atoms with van der Waals surface area (Å²) in [5, 5.41) is 5.90. The third-order valence-electron chi connectivity index (χ3n) is 4.84. The van der Waals surface area contributed by atoms with Gasteiger partial charge in [0.1, 0.15) is 24.0 Å². The number of halogens is 1. The van der Waals surface area contributed by atoms with Gasteiger partial charge in [-0.3, -0.25) is 9.78 Å². The maximum absolute atomic E-state index is 13.1. The molecule has 0 spiro atoms. The summed E-state index contributed by atoms with van der Waals surface area (Å²) in [6.45, 7) is 4.13. The third kappa shape index (κ3) is 4.40. The standard InChI is InChI=1S/C21H22FN7O/c1-3-4-13-7-12(2)17(10-25-13)28-20-19(23-5-6-24-20)16-9-18(27-11-26-16)29-21(30)14-8-15(14)22/h5-7,9-11,14-15H,3-4,8H2,1-2H3,(H,24,28)(H,26,27,29,30). The van der Waals surface area contributed by atoms with Gasteiger partial charge in [0.15, 0.2) is 5.82 Å².